The van der Waals surface area contributed by atoms with E-state index in [9.17, 15) is 13.2 Å². The Balaban J connectivity index is 1.57. The largest absolute Gasteiger partial charge is 0.472 e. The van der Waals surface area contributed by atoms with E-state index in [4.69, 9.17) is 15.5 Å². The molecule has 0 radical (unpaired) electrons. The number of nitrogen functional groups attached to an aromatic ring is 1. The zero-order valence-electron chi connectivity index (χ0n) is 21.3. The molecule has 7 nitrogen and oxygen atoms in total. The average molecular weight is 529 g/mol. The lowest BCUT2D eigenvalue weighted by atomic mass is 9.95. The van der Waals surface area contributed by atoms with E-state index in [1.807, 2.05) is 13.8 Å². The van der Waals surface area contributed by atoms with Gasteiger partial charge in [0.05, 0.1) is 22.7 Å². The summed E-state index contributed by atoms with van der Waals surface area (Å²) < 4.78 is 65.9. The van der Waals surface area contributed by atoms with Gasteiger partial charge in [0.25, 0.3) is 0 Å². The molecule has 3 fully saturated rings. The van der Waals surface area contributed by atoms with Crippen LogP contribution in [0.25, 0.3) is 22.0 Å². The van der Waals surface area contributed by atoms with Crippen molar-refractivity contribution in [1.82, 2.24) is 20.3 Å². The van der Waals surface area contributed by atoms with Gasteiger partial charge in [0.2, 0.25) is 5.88 Å². The van der Waals surface area contributed by atoms with Gasteiger partial charge < -0.3 is 20.7 Å². The first-order chi connectivity index (χ1) is 18.0. The van der Waals surface area contributed by atoms with E-state index in [1.165, 1.54) is 6.92 Å². The summed E-state index contributed by atoms with van der Waals surface area (Å²) in [6.45, 7) is 5.71. The fourth-order valence-corrected chi connectivity index (χ4v) is 6.94. The Bertz CT molecular complexity index is 1500. The SMILES string of the molecule is Cc1nc(N)cc(-c2nc3c4c(nc(C)c(C5CC5)c4c2F)N2C[C@H]4CC[C@H](N4)[C@H]2[C@H](C)O3)c1C(F)(F)F. The normalized spacial score (nSPS) is 26.3. The van der Waals surface area contributed by atoms with Gasteiger partial charge in [0.1, 0.15) is 23.4 Å². The van der Waals surface area contributed by atoms with Gasteiger partial charge in [0.15, 0.2) is 5.82 Å². The molecule has 0 amide bonds. The van der Waals surface area contributed by atoms with Gasteiger partial charge in [-0.2, -0.15) is 13.2 Å². The summed E-state index contributed by atoms with van der Waals surface area (Å²) in [5, 5.41) is 4.36. The summed E-state index contributed by atoms with van der Waals surface area (Å²) in [6, 6.07) is 1.44. The summed E-state index contributed by atoms with van der Waals surface area (Å²) >= 11 is 0. The van der Waals surface area contributed by atoms with Crippen LogP contribution in [0.15, 0.2) is 6.07 Å². The molecule has 11 heteroatoms. The first kappa shape index (κ1) is 23.9. The van der Waals surface area contributed by atoms with Crippen molar-refractivity contribution in [3.63, 3.8) is 0 Å². The minimum atomic E-state index is -4.78. The van der Waals surface area contributed by atoms with Crippen LogP contribution in [0.3, 0.4) is 0 Å². The number of halogens is 4. The first-order valence-corrected chi connectivity index (χ1v) is 13.1. The molecular formula is C27H28F4N6O. The summed E-state index contributed by atoms with van der Waals surface area (Å²) in [5.41, 5.74) is 5.04. The molecule has 0 aromatic carbocycles. The molecule has 0 spiro atoms. The molecule has 38 heavy (non-hydrogen) atoms. The van der Waals surface area contributed by atoms with E-state index < -0.39 is 28.8 Å². The number of piperazine rings is 1. The molecule has 3 aromatic heterocycles. The van der Waals surface area contributed by atoms with Crippen LogP contribution < -0.4 is 20.7 Å². The number of hydrogen-bond donors (Lipinski definition) is 2. The topological polar surface area (TPSA) is 89.2 Å². The number of ether oxygens (including phenoxy) is 1. The lowest BCUT2D eigenvalue weighted by molar-refractivity contribution is -0.137. The number of aromatic nitrogens is 3. The number of hydrogen-bond acceptors (Lipinski definition) is 7. The Labute approximate surface area is 216 Å². The predicted molar refractivity (Wildman–Crippen MR) is 135 cm³/mol. The average Bonchev–Trinajstić information content (AvgIpc) is 3.61. The van der Waals surface area contributed by atoms with Crippen LogP contribution in [0.5, 0.6) is 5.88 Å². The molecule has 4 atom stereocenters. The molecule has 2 saturated heterocycles. The molecule has 1 aliphatic carbocycles. The Morgan fingerprint density at radius 3 is 2.53 bits per heavy atom. The van der Waals surface area contributed by atoms with E-state index >= 15 is 4.39 Å². The smallest absolute Gasteiger partial charge is 0.418 e. The highest BCUT2D eigenvalue weighted by molar-refractivity contribution is 6.02. The molecule has 200 valence electrons. The highest BCUT2D eigenvalue weighted by Gasteiger charge is 2.48. The number of nitrogens with one attached hydrogen (secondary N) is 1. The highest BCUT2D eigenvalue weighted by Crippen LogP contribution is 2.52. The second-order valence-electron chi connectivity index (χ2n) is 11.1. The lowest BCUT2D eigenvalue weighted by Gasteiger charge is -2.43. The lowest BCUT2D eigenvalue weighted by Crippen LogP contribution is -2.62. The van der Waals surface area contributed by atoms with E-state index in [0.717, 1.165) is 37.3 Å². The summed E-state index contributed by atoms with van der Waals surface area (Å²) in [6.07, 6.45) is -1.38. The second kappa shape index (κ2) is 7.91. The maximum Gasteiger partial charge on any atom is 0.418 e. The highest BCUT2D eigenvalue weighted by atomic mass is 19.4. The third-order valence-electron chi connectivity index (χ3n) is 8.52. The number of fused-ring (bicyclic) bond motifs is 5. The summed E-state index contributed by atoms with van der Waals surface area (Å²) in [5.74, 6) is -0.138. The van der Waals surface area contributed by atoms with Gasteiger partial charge in [0, 0.05) is 35.3 Å². The molecule has 0 unspecified atom stereocenters. The predicted octanol–water partition coefficient (Wildman–Crippen LogP) is 5.02. The van der Waals surface area contributed by atoms with Crippen LogP contribution in [0, 0.1) is 19.7 Å². The Morgan fingerprint density at radius 2 is 1.82 bits per heavy atom. The Morgan fingerprint density at radius 1 is 1.05 bits per heavy atom. The number of anilines is 2. The van der Waals surface area contributed by atoms with Gasteiger partial charge in [-0.3, -0.25) is 0 Å². The molecule has 3 N–H and O–H groups in total. The van der Waals surface area contributed by atoms with Gasteiger partial charge in [-0.05, 0) is 64.0 Å². The van der Waals surface area contributed by atoms with Crippen molar-refractivity contribution >= 4 is 22.4 Å². The molecule has 7 rings (SSSR count). The number of aryl methyl sites for hydroxylation is 2. The number of rotatable bonds is 2. The van der Waals surface area contributed by atoms with Crippen molar-refractivity contribution in [2.24, 2.45) is 0 Å². The third-order valence-corrected chi connectivity index (χ3v) is 8.52. The van der Waals surface area contributed by atoms with Gasteiger partial charge in [-0.1, -0.05) is 0 Å². The van der Waals surface area contributed by atoms with Crippen LogP contribution in [0.4, 0.5) is 29.2 Å². The van der Waals surface area contributed by atoms with Gasteiger partial charge >= 0.3 is 6.18 Å². The fourth-order valence-electron chi connectivity index (χ4n) is 6.94. The first-order valence-electron chi connectivity index (χ1n) is 13.1. The minimum Gasteiger partial charge on any atom is -0.472 e. The molecule has 4 aliphatic rings. The van der Waals surface area contributed by atoms with Crippen molar-refractivity contribution in [1.29, 1.82) is 0 Å². The summed E-state index contributed by atoms with van der Waals surface area (Å²) in [7, 11) is 0. The van der Waals surface area contributed by atoms with Gasteiger partial charge in [-0.15, -0.1) is 0 Å². The standard InChI is InChI=1S/C27H28F4N6O/c1-10-18(13-4-5-13)19-20-25(34-10)37-9-14-6-7-16(35-14)24(37)12(3)38-26(20)36-23(22(19)28)15-8-17(32)33-11(2)21(15)27(29,30)31/h8,12-14,16,24,35H,4-7,9H2,1-3H3,(H2,32,33)/t12-,14+,16-,24+/m0/s1. The monoisotopic (exact) mass is 528 g/mol. The zero-order valence-corrected chi connectivity index (χ0v) is 21.3. The minimum absolute atomic E-state index is 0.0686. The molecule has 3 aromatic rings. The quantitative estimate of drug-likeness (QED) is 0.452. The maximum absolute atomic E-state index is 16.7. The summed E-state index contributed by atoms with van der Waals surface area (Å²) in [4.78, 5) is 15.5. The second-order valence-corrected chi connectivity index (χ2v) is 11.1. The molecule has 1 saturated carbocycles. The van der Waals surface area contributed by atoms with Crippen LogP contribution >= 0.6 is 0 Å². The number of pyridine rings is 3. The molecule has 3 aliphatic heterocycles. The third kappa shape index (κ3) is 3.40. The van der Waals surface area contributed by atoms with Crippen LogP contribution in [0.2, 0.25) is 0 Å². The van der Waals surface area contributed by atoms with Crippen LogP contribution in [-0.2, 0) is 6.18 Å². The van der Waals surface area contributed by atoms with Crippen molar-refractivity contribution in [3.05, 3.63) is 34.4 Å². The Hall–Kier alpha value is -3.21. The van der Waals surface area contributed by atoms with Crippen molar-refractivity contribution in [2.75, 3.05) is 17.2 Å². The van der Waals surface area contributed by atoms with Crippen LogP contribution in [0.1, 0.15) is 61.0 Å². The van der Waals surface area contributed by atoms with E-state index in [0.29, 0.717) is 29.5 Å². The molecule has 6 heterocycles. The number of alkyl halides is 3. The fraction of sp³-hybridized carbons (Fsp3) is 0.519. The van der Waals surface area contributed by atoms with Crippen LogP contribution in [-0.4, -0.2) is 45.7 Å². The van der Waals surface area contributed by atoms with Crippen molar-refractivity contribution in [3.8, 4) is 17.1 Å². The van der Waals surface area contributed by atoms with Crippen molar-refractivity contribution < 1.29 is 22.3 Å². The maximum atomic E-state index is 16.7. The zero-order chi connectivity index (χ0) is 26.7. The van der Waals surface area contributed by atoms with E-state index in [1.54, 1.807) is 0 Å². The number of nitrogens with zero attached hydrogens (tertiary/aromatic N) is 4. The van der Waals surface area contributed by atoms with Gasteiger partial charge in [-0.25, -0.2) is 19.3 Å². The van der Waals surface area contributed by atoms with E-state index in [-0.39, 0.29) is 46.9 Å². The van der Waals surface area contributed by atoms with E-state index in [2.05, 4.69) is 20.2 Å². The molecular weight excluding hydrogens is 500 g/mol. The van der Waals surface area contributed by atoms with Crippen molar-refractivity contribution in [2.45, 2.75) is 82.8 Å². The number of nitrogens with two attached hydrogens (primary N) is 1. The Kier molecular flexibility index (Phi) is 4.97. The molecule has 2 bridgehead atoms.